The number of ether oxygens (including phenoxy) is 2. The maximum absolute atomic E-state index is 6.25. The average Bonchev–Trinajstić information content (AvgIpc) is 2.42. The third-order valence-corrected chi connectivity index (χ3v) is 4.55. The van der Waals surface area contributed by atoms with Gasteiger partial charge in [-0.05, 0) is 50.2 Å². The largest absolute Gasteiger partial charge is 0.496 e. The van der Waals surface area contributed by atoms with Crippen LogP contribution in [0.1, 0.15) is 51.6 Å². The fourth-order valence-electron chi connectivity index (χ4n) is 3.04. The lowest BCUT2D eigenvalue weighted by atomic mass is 9.80. The molecule has 112 valence electrons. The Balaban J connectivity index is 2.17. The van der Waals surface area contributed by atoms with Gasteiger partial charge in [0.1, 0.15) is 11.5 Å². The molecule has 3 unspecified atom stereocenters. The van der Waals surface area contributed by atoms with Crippen LogP contribution in [-0.4, -0.2) is 13.2 Å². The van der Waals surface area contributed by atoms with Crippen molar-refractivity contribution in [3.8, 4) is 11.5 Å². The van der Waals surface area contributed by atoms with Crippen LogP contribution in [0, 0.1) is 11.8 Å². The Labute approximate surface area is 122 Å². The van der Waals surface area contributed by atoms with Crippen molar-refractivity contribution < 1.29 is 9.47 Å². The Bertz CT molecular complexity index is 445. The molecule has 0 aromatic heterocycles. The summed E-state index contributed by atoms with van der Waals surface area (Å²) in [5.74, 6) is 3.21. The summed E-state index contributed by atoms with van der Waals surface area (Å²) in [6, 6.07) is 5.82. The van der Waals surface area contributed by atoms with Gasteiger partial charge < -0.3 is 15.2 Å². The molecule has 0 spiro atoms. The van der Waals surface area contributed by atoms with Crippen LogP contribution in [-0.2, 0) is 0 Å². The minimum absolute atomic E-state index is 0.0962. The molecule has 0 bridgehead atoms. The van der Waals surface area contributed by atoms with Gasteiger partial charge >= 0.3 is 0 Å². The Hall–Kier alpha value is -1.22. The van der Waals surface area contributed by atoms with Crippen molar-refractivity contribution in [2.75, 3.05) is 7.11 Å². The summed E-state index contributed by atoms with van der Waals surface area (Å²) in [5.41, 5.74) is 7.06. The number of hydrogen-bond acceptors (Lipinski definition) is 3. The summed E-state index contributed by atoms with van der Waals surface area (Å²) in [7, 11) is 1.68. The van der Waals surface area contributed by atoms with Crippen molar-refractivity contribution in [2.24, 2.45) is 17.6 Å². The lowest BCUT2D eigenvalue weighted by Gasteiger charge is -2.33. The first-order valence-electron chi connectivity index (χ1n) is 7.62. The highest BCUT2D eigenvalue weighted by atomic mass is 16.5. The highest BCUT2D eigenvalue weighted by Gasteiger charge is 2.27. The van der Waals surface area contributed by atoms with Gasteiger partial charge in [-0.2, -0.15) is 0 Å². The number of methoxy groups -OCH3 is 1. The fraction of sp³-hybridized carbons (Fsp3) is 0.647. The van der Waals surface area contributed by atoms with Crippen molar-refractivity contribution >= 4 is 0 Å². The second-order valence-corrected chi connectivity index (χ2v) is 6.17. The van der Waals surface area contributed by atoms with Gasteiger partial charge in [-0.3, -0.25) is 0 Å². The average molecular weight is 277 g/mol. The number of rotatable bonds is 4. The fourth-order valence-corrected chi connectivity index (χ4v) is 3.04. The van der Waals surface area contributed by atoms with Crippen LogP contribution >= 0.6 is 0 Å². The predicted octanol–water partition coefficient (Wildman–Crippen LogP) is 3.92. The van der Waals surface area contributed by atoms with Gasteiger partial charge in [-0.1, -0.05) is 19.9 Å². The van der Waals surface area contributed by atoms with E-state index in [-0.39, 0.29) is 6.04 Å². The molecule has 0 radical (unpaired) electrons. The van der Waals surface area contributed by atoms with E-state index >= 15 is 0 Å². The lowest BCUT2D eigenvalue weighted by Crippen LogP contribution is -2.29. The van der Waals surface area contributed by atoms with Crippen LogP contribution in [0.5, 0.6) is 11.5 Å². The summed E-state index contributed by atoms with van der Waals surface area (Å²) in [6.45, 7) is 6.62. The molecule has 1 aromatic rings. The minimum Gasteiger partial charge on any atom is -0.496 e. The van der Waals surface area contributed by atoms with Crippen molar-refractivity contribution in [1.82, 2.24) is 0 Å². The van der Waals surface area contributed by atoms with Gasteiger partial charge in [-0.15, -0.1) is 0 Å². The lowest BCUT2D eigenvalue weighted by molar-refractivity contribution is 0.0991. The van der Waals surface area contributed by atoms with Crippen LogP contribution in [0.15, 0.2) is 18.2 Å². The highest BCUT2D eigenvalue weighted by Crippen LogP contribution is 2.37. The molecule has 2 rings (SSSR count). The number of hydrogen-bond donors (Lipinski definition) is 1. The number of nitrogens with two attached hydrogens (primary N) is 1. The van der Waals surface area contributed by atoms with Gasteiger partial charge in [0, 0.05) is 6.04 Å². The summed E-state index contributed by atoms with van der Waals surface area (Å²) in [6.07, 6.45) is 3.78. The zero-order valence-electron chi connectivity index (χ0n) is 13.1. The van der Waals surface area contributed by atoms with Gasteiger partial charge in [0.15, 0.2) is 0 Å². The summed E-state index contributed by atoms with van der Waals surface area (Å²) in [4.78, 5) is 0. The first kappa shape index (κ1) is 15.2. The van der Waals surface area contributed by atoms with Crippen molar-refractivity contribution in [1.29, 1.82) is 0 Å². The molecule has 4 atom stereocenters. The van der Waals surface area contributed by atoms with Crippen LogP contribution < -0.4 is 15.2 Å². The summed E-state index contributed by atoms with van der Waals surface area (Å²) >= 11 is 0. The Morgan fingerprint density at radius 2 is 1.85 bits per heavy atom. The molecule has 0 aliphatic heterocycles. The summed E-state index contributed by atoms with van der Waals surface area (Å²) in [5, 5.41) is 0. The molecule has 3 heteroatoms. The zero-order valence-corrected chi connectivity index (χ0v) is 13.1. The third-order valence-electron chi connectivity index (χ3n) is 4.55. The van der Waals surface area contributed by atoms with E-state index in [2.05, 4.69) is 13.8 Å². The van der Waals surface area contributed by atoms with E-state index in [0.29, 0.717) is 6.10 Å². The van der Waals surface area contributed by atoms with Gasteiger partial charge in [-0.25, -0.2) is 0 Å². The second-order valence-electron chi connectivity index (χ2n) is 6.17. The molecule has 1 fully saturated rings. The maximum atomic E-state index is 6.25. The molecule has 1 aromatic carbocycles. The van der Waals surface area contributed by atoms with Crippen LogP contribution in [0.2, 0.25) is 0 Å². The maximum Gasteiger partial charge on any atom is 0.128 e. The van der Waals surface area contributed by atoms with Crippen molar-refractivity contribution in [3.63, 3.8) is 0 Å². The standard InChI is InChI=1S/C17H27NO2/c1-11-8-9-14(10-12(11)2)20-16-7-5-6-15(19-4)17(16)13(3)18/h5-7,11-14H,8-10,18H2,1-4H3/t11?,12?,13-,14?/m0/s1. The van der Waals surface area contributed by atoms with Crippen LogP contribution in [0.3, 0.4) is 0 Å². The van der Waals surface area contributed by atoms with Crippen LogP contribution in [0.25, 0.3) is 0 Å². The van der Waals surface area contributed by atoms with Gasteiger partial charge in [0.25, 0.3) is 0 Å². The molecule has 20 heavy (non-hydrogen) atoms. The molecule has 1 aliphatic rings. The normalized spacial score (nSPS) is 27.9. The minimum atomic E-state index is -0.0962. The Kier molecular flexibility index (Phi) is 4.92. The molecular formula is C17H27NO2. The molecule has 3 nitrogen and oxygen atoms in total. The van der Waals surface area contributed by atoms with Crippen LogP contribution in [0.4, 0.5) is 0 Å². The molecule has 0 amide bonds. The van der Waals surface area contributed by atoms with E-state index < -0.39 is 0 Å². The third kappa shape index (κ3) is 3.26. The zero-order chi connectivity index (χ0) is 14.7. The molecule has 1 saturated carbocycles. The van der Waals surface area contributed by atoms with Crippen molar-refractivity contribution in [3.05, 3.63) is 23.8 Å². The quantitative estimate of drug-likeness (QED) is 0.907. The second kappa shape index (κ2) is 6.49. The van der Waals surface area contributed by atoms with Gasteiger partial charge in [0.05, 0.1) is 18.8 Å². The van der Waals surface area contributed by atoms with E-state index in [4.69, 9.17) is 15.2 Å². The SMILES string of the molecule is COc1cccc(OC2CCC(C)C(C)C2)c1[C@H](C)N. The number of benzene rings is 1. The van der Waals surface area contributed by atoms with E-state index in [1.807, 2.05) is 25.1 Å². The first-order chi connectivity index (χ1) is 9.52. The summed E-state index contributed by atoms with van der Waals surface area (Å²) < 4.78 is 11.7. The van der Waals surface area contributed by atoms with E-state index in [1.54, 1.807) is 7.11 Å². The van der Waals surface area contributed by atoms with E-state index in [0.717, 1.165) is 41.7 Å². The first-order valence-corrected chi connectivity index (χ1v) is 7.62. The van der Waals surface area contributed by atoms with Gasteiger partial charge in [0.2, 0.25) is 0 Å². The molecule has 0 heterocycles. The molecule has 1 aliphatic carbocycles. The predicted molar refractivity (Wildman–Crippen MR) is 82.2 cm³/mol. The molecule has 0 saturated heterocycles. The van der Waals surface area contributed by atoms with E-state index in [1.165, 1.54) is 6.42 Å². The highest BCUT2D eigenvalue weighted by molar-refractivity contribution is 5.46. The van der Waals surface area contributed by atoms with Crippen molar-refractivity contribution in [2.45, 2.75) is 52.2 Å². The van der Waals surface area contributed by atoms with E-state index in [9.17, 15) is 0 Å². The monoisotopic (exact) mass is 277 g/mol. The molecular weight excluding hydrogens is 250 g/mol. The smallest absolute Gasteiger partial charge is 0.128 e. The topological polar surface area (TPSA) is 44.5 Å². The Morgan fingerprint density at radius 3 is 2.45 bits per heavy atom. The molecule has 2 N–H and O–H groups in total. The Morgan fingerprint density at radius 1 is 1.15 bits per heavy atom.